The summed E-state index contributed by atoms with van der Waals surface area (Å²) in [4.78, 5) is 4.68. The first kappa shape index (κ1) is 13.4. The van der Waals surface area contributed by atoms with Crippen molar-refractivity contribution in [2.75, 3.05) is 31.6 Å². The molecule has 2 rings (SSSR count). The molecule has 0 radical (unpaired) electrons. The monoisotopic (exact) mass is 248 g/mol. The summed E-state index contributed by atoms with van der Waals surface area (Å²) in [5.41, 5.74) is 3.93. The molecule has 1 aliphatic heterocycles. The second-order valence-corrected chi connectivity index (χ2v) is 5.57. The number of hydrogen-bond donors (Lipinski definition) is 1. The van der Waals surface area contributed by atoms with Crippen molar-refractivity contribution in [2.24, 2.45) is 0 Å². The van der Waals surface area contributed by atoms with Crippen LogP contribution in [0.1, 0.15) is 18.1 Å². The lowest BCUT2D eigenvalue weighted by molar-refractivity contribution is 0.121. The van der Waals surface area contributed by atoms with E-state index in [0.717, 1.165) is 13.1 Å². The molecule has 1 saturated heterocycles. The summed E-state index contributed by atoms with van der Waals surface area (Å²) >= 11 is 0. The van der Waals surface area contributed by atoms with E-state index in [4.69, 9.17) is 0 Å². The first-order valence-corrected chi connectivity index (χ1v) is 6.68. The van der Waals surface area contributed by atoms with Crippen molar-refractivity contribution in [3.05, 3.63) is 29.3 Å². The zero-order valence-corrected chi connectivity index (χ0v) is 11.8. The van der Waals surface area contributed by atoms with Crippen LogP contribution in [0.25, 0.3) is 0 Å². The Balaban J connectivity index is 2.26. The normalized spacial score (nSPS) is 25.5. The lowest BCUT2D eigenvalue weighted by Gasteiger charge is -2.45. The molecule has 3 heteroatoms. The van der Waals surface area contributed by atoms with Crippen molar-refractivity contribution in [1.82, 2.24) is 4.90 Å². The van der Waals surface area contributed by atoms with Gasteiger partial charge in [-0.3, -0.25) is 4.90 Å². The molecule has 100 valence electrons. The van der Waals surface area contributed by atoms with Gasteiger partial charge in [0.2, 0.25) is 0 Å². The van der Waals surface area contributed by atoms with Gasteiger partial charge in [0.1, 0.15) is 0 Å². The van der Waals surface area contributed by atoms with E-state index in [1.165, 1.54) is 16.8 Å². The van der Waals surface area contributed by atoms with Gasteiger partial charge in [-0.1, -0.05) is 17.7 Å². The summed E-state index contributed by atoms with van der Waals surface area (Å²) in [6, 6.07) is 7.33. The number of aliphatic hydroxyl groups is 1. The predicted molar refractivity (Wildman–Crippen MR) is 76.2 cm³/mol. The quantitative estimate of drug-likeness (QED) is 0.864. The van der Waals surface area contributed by atoms with Gasteiger partial charge in [0.05, 0.1) is 12.6 Å². The maximum absolute atomic E-state index is 9.46. The lowest BCUT2D eigenvalue weighted by Crippen LogP contribution is -2.57. The average Bonchev–Trinajstić information content (AvgIpc) is 2.30. The number of benzene rings is 1. The average molecular weight is 248 g/mol. The lowest BCUT2D eigenvalue weighted by atomic mass is 10.0. The van der Waals surface area contributed by atoms with E-state index < -0.39 is 0 Å². The molecule has 0 aromatic heterocycles. The summed E-state index contributed by atoms with van der Waals surface area (Å²) in [5, 5.41) is 9.46. The molecule has 1 aromatic carbocycles. The Morgan fingerprint density at radius 2 is 2.00 bits per heavy atom. The third-order valence-electron chi connectivity index (χ3n) is 3.99. The van der Waals surface area contributed by atoms with E-state index in [0.29, 0.717) is 6.04 Å². The molecule has 18 heavy (non-hydrogen) atoms. The number of rotatable bonds is 2. The fourth-order valence-corrected chi connectivity index (χ4v) is 2.87. The third kappa shape index (κ3) is 2.52. The first-order valence-electron chi connectivity index (χ1n) is 6.68. The molecule has 2 unspecified atom stereocenters. The molecular weight excluding hydrogens is 224 g/mol. The highest BCUT2D eigenvalue weighted by Gasteiger charge is 2.29. The number of aliphatic hydroxyl groups excluding tert-OH is 1. The Morgan fingerprint density at radius 3 is 2.61 bits per heavy atom. The maximum Gasteiger partial charge on any atom is 0.0604 e. The van der Waals surface area contributed by atoms with Crippen LogP contribution in [0, 0.1) is 13.8 Å². The highest BCUT2D eigenvalue weighted by molar-refractivity contribution is 5.55. The van der Waals surface area contributed by atoms with Gasteiger partial charge < -0.3 is 10.0 Å². The molecule has 0 aliphatic carbocycles. The second kappa shape index (κ2) is 5.29. The Bertz CT molecular complexity index is 419. The highest BCUT2D eigenvalue weighted by atomic mass is 16.3. The van der Waals surface area contributed by atoms with Crippen molar-refractivity contribution < 1.29 is 5.11 Å². The van der Waals surface area contributed by atoms with Crippen molar-refractivity contribution in [3.63, 3.8) is 0 Å². The minimum atomic E-state index is 0.227. The standard InChI is InChI=1S/C15H24N2O/c1-11-5-6-15(12(2)7-11)17-9-14(10-18)16(4)8-13(17)3/h5-7,13-14,18H,8-10H2,1-4H3. The molecule has 1 aromatic rings. The molecule has 0 bridgehead atoms. The van der Waals surface area contributed by atoms with Crippen LogP contribution in [0.15, 0.2) is 18.2 Å². The summed E-state index contributed by atoms with van der Waals surface area (Å²) in [6.07, 6.45) is 0. The SMILES string of the molecule is Cc1ccc(N2CC(CO)N(C)CC2C)c(C)c1. The predicted octanol–water partition coefficient (Wildman–Crippen LogP) is 1.80. The topological polar surface area (TPSA) is 26.7 Å². The van der Waals surface area contributed by atoms with Crippen molar-refractivity contribution >= 4 is 5.69 Å². The van der Waals surface area contributed by atoms with E-state index in [9.17, 15) is 5.11 Å². The molecule has 1 fully saturated rings. The summed E-state index contributed by atoms with van der Waals surface area (Å²) in [5.74, 6) is 0. The van der Waals surface area contributed by atoms with E-state index in [-0.39, 0.29) is 12.6 Å². The summed E-state index contributed by atoms with van der Waals surface area (Å²) in [6.45, 7) is 8.67. The van der Waals surface area contributed by atoms with E-state index in [1.807, 2.05) is 0 Å². The van der Waals surface area contributed by atoms with Crippen LogP contribution < -0.4 is 4.90 Å². The largest absolute Gasteiger partial charge is 0.395 e. The van der Waals surface area contributed by atoms with E-state index in [2.05, 4.69) is 55.8 Å². The van der Waals surface area contributed by atoms with Crippen LogP contribution >= 0.6 is 0 Å². The molecule has 1 aliphatic rings. The van der Waals surface area contributed by atoms with E-state index in [1.54, 1.807) is 0 Å². The molecule has 0 spiro atoms. The van der Waals surface area contributed by atoms with Gasteiger partial charge in [-0.2, -0.15) is 0 Å². The van der Waals surface area contributed by atoms with Crippen LogP contribution in [-0.2, 0) is 0 Å². The molecule has 1 N–H and O–H groups in total. The number of likely N-dealkylation sites (N-methyl/N-ethyl adjacent to an activating group) is 1. The molecule has 2 atom stereocenters. The Kier molecular flexibility index (Phi) is 3.93. The minimum absolute atomic E-state index is 0.227. The number of hydrogen-bond acceptors (Lipinski definition) is 3. The zero-order chi connectivity index (χ0) is 13.3. The fourth-order valence-electron chi connectivity index (χ4n) is 2.87. The molecular formula is C15H24N2O. The van der Waals surface area contributed by atoms with Gasteiger partial charge in [0.25, 0.3) is 0 Å². The summed E-state index contributed by atoms with van der Waals surface area (Å²) < 4.78 is 0. The third-order valence-corrected chi connectivity index (χ3v) is 3.99. The smallest absolute Gasteiger partial charge is 0.0604 e. The van der Waals surface area contributed by atoms with Crippen molar-refractivity contribution in [2.45, 2.75) is 32.9 Å². The molecule has 0 amide bonds. The Labute approximate surface area is 110 Å². The number of anilines is 1. The maximum atomic E-state index is 9.46. The van der Waals surface area contributed by atoms with Gasteiger partial charge in [0.15, 0.2) is 0 Å². The second-order valence-electron chi connectivity index (χ2n) is 5.57. The number of nitrogens with zero attached hydrogens (tertiary/aromatic N) is 2. The van der Waals surface area contributed by atoms with E-state index >= 15 is 0 Å². The van der Waals surface area contributed by atoms with Crippen LogP contribution in [0.4, 0.5) is 5.69 Å². The van der Waals surface area contributed by atoms with Gasteiger partial charge in [-0.25, -0.2) is 0 Å². The fraction of sp³-hybridized carbons (Fsp3) is 0.600. The van der Waals surface area contributed by atoms with Crippen molar-refractivity contribution in [3.8, 4) is 0 Å². The van der Waals surface area contributed by atoms with Crippen molar-refractivity contribution in [1.29, 1.82) is 0 Å². The van der Waals surface area contributed by atoms with Crippen LogP contribution in [0.5, 0.6) is 0 Å². The first-order chi connectivity index (χ1) is 8.52. The van der Waals surface area contributed by atoms with Gasteiger partial charge in [0, 0.05) is 24.8 Å². The van der Waals surface area contributed by atoms with Gasteiger partial charge in [-0.15, -0.1) is 0 Å². The van der Waals surface area contributed by atoms with Crippen LogP contribution in [-0.4, -0.2) is 48.8 Å². The Hall–Kier alpha value is -1.06. The molecule has 0 saturated carbocycles. The van der Waals surface area contributed by atoms with Gasteiger partial charge >= 0.3 is 0 Å². The Morgan fingerprint density at radius 1 is 1.28 bits per heavy atom. The number of piperazine rings is 1. The number of aryl methyl sites for hydroxylation is 2. The van der Waals surface area contributed by atoms with Crippen LogP contribution in [0.2, 0.25) is 0 Å². The zero-order valence-electron chi connectivity index (χ0n) is 11.8. The van der Waals surface area contributed by atoms with Gasteiger partial charge in [-0.05, 0) is 39.4 Å². The molecule has 3 nitrogen and oxygen atoms in total. The molecule has 1 heterocycles. The summed E-state index contributed by atoms with van der Waals surface area (Å²) in [7, 11) is 2.09. The minimum Gasteiger partial charge on any atom is -0.395 e. The highest BCUT2D eigenvalue weighted by Crippen LogP contribution is 2.26. The van der Waals surface area contributed by atoms with Crippen LogP contribution in [0.3, 0.4) is 0 Å².